The number of ether oxygens (including phenoxy) is 3. The zero-order valence-electron chi connectivity index (χ0n) is 29.1. The second kappa shape index (κ2) is 12.8. The number of hydrogen-bond donors (Lipinski definition) is 6. The molecule has 14 nitrogen and oxygen atoms in total. The average molecular weight is 704 g/mol. The Kier molecular flexibility index (Phi) is 9.39. The SMILES string of the molecule is CC(=O)O[C@H]1[C@@H]2[C@]3(O)CO[C@@H]3C[C@H](O)[C@@]2(C)C(=O)[C@H](O)C2=C(C)[C@@H](OC(=O)[C@H](O)[C@@H](NC(=O)c3ccco3)C3CCCCC3)C[C@]1(O)C2(C)C. The van der Waals surface area contributed by atoms with Crippen molar-refractivity contribution in [2.45, 2.75) is 133 Å². The van der Waals surface area contributed by atoms with Crippen LogP contribution in [-0.4, -0.2) is 110 Å². The molecule has 1 aliphatic heterocycles. The number of furan rings is 1. The number of ketones is 1. The highest BCUT2D eigenvalue weighted by Gasteiger charge is 2.76. The maximum atomic E-state index is 14.4. The van der Waals surface area contributed by atoms with Gasteiger partial charge in [-0.15, -0.1) is 0 Å². The lowest BCUT2D eigenvalue weighted by molar-refractivity contribution is -0.345. The summed E-state index contributed by atoms with van der Waals surface area (Å²) in [5.41, 5.74) is -7.22. The molecule has 1 saturated heterocycles. The molecule has 276 valence electrons. The number of esters is 2. The number of carbonyl (C=O) groups excluding carboxylic acids is 4. The van der Waals surface area contributed by atoms with Gasteiger partial charge in [-0.3, -0.25) is 14.4 Å². The molecule has 3 saturated carbocycles. The number of aliphatic hydroxyl groups is 5. The summed E-state index contributed by atoms with van der Waals surface area (Å²) < 4.78 is 22.6. The van der Waals surface area contributed by atoms with Crippen LogP contribution in [0, 0.1) is 22.7 Å². The lowest BCUT2D eigenvalue weighted by atomic mass is 9.45. The number of amides is 1. The molecule has 1 aromatic heterocycles. The molecule has 4 fully saturated rings. The first kappa shape index (κ1) is 36.6. The van der Waals surface area contributed by atoms with Crippen LogP contribution in [0.15, 0.2) is 34.0 Å². The minimum atomic E-state index is -2.21. The number of hydrogen-bond acceptors (Lipinski definition) is 13. The number of rotatable bonds is 7. The highest BCUT2D eigenvalue weighted by Crippen LogP contribution is 2.63. The molecule has 14 heteroatoms. The van der Waals surface area contributed by atoms with Gasteiger partial charge in [-0.25, -0.2) is 4.79 Å². The Balaban J connectivity index is 1.40. The van der Waals surface area contributed by atoms with Crippen LogP contribution in [0.3, 0.4) is 0 Å². The minimum Gasteiger partial charge on any atom is -0.459 e. The largest absolute Gasteiger partial charge is 0.459 e. The molecule has 2 bridgehead atoms. The van der Waals surface area contributed by atoms with Crippen molar-refractivity contribution in [2.24, 2.45) is 22.7 Å². The van der Waals surface area contributed by atoms with Crippen molar-refractivity contribution in [1.82, 2.24) is 5.32 Å². The molecule has 5 aliphatic rings. The van der Waals surface area contributed by atoms with Crippen LogP contribution in [0.1, 0.15) is 90.1 Å². The number of Topliss-reactive ketones (excluding diaryl/α,β-unsaturated/α-hetero) is 1. The average Bonchev–Trinajstić information content (AvgIpc) is 3.61. The van der Waals surface area contributed by atoms with Crippen molar-refractivity contribution < 1.29 is 63.3 Å². The summed E-state index contributed by atoms with van der Waals surface area (Å²) >= 11 is 0. The van der Waals surface area contributed by atoms with Crippen LogP contribution >= 0.6 is 0 Å². The van der Waals surface area contributed by atoms with Gasteiger partial charge in [-0.2, -0.15) is 0 Å². The summed E-state index contributed by atoms with van der Waals surface area (Å²) in [5.74, 6) is -5.13. The van der Waals surface area contributed by atoms with E-state index in [1.54, 1.807) is 13.8 Å². The van der Waals surface area contributed by atoms with Crippen molar-refractivity contribution in [3.63, 3.8) is 0 Å². The van der Waals surface area contributed by atoms with Gasteiger partial charge in [0.2, 0.25) is 0 Å². The molecular formula is C36H49NO13. The summed E-state index contributed by atoms with van der Waals surface area (Å²) in [5, 5.41) is 62.5. The van der Waals surface area contributed by atoms with E-state index in [1.165, 1.54) is 32.2 Å². The Morgan fingerprint density at radius 3 is 2.32 bits per heavy atom. The molecule has 2 heterocycles. The van der Waals surface area contributed by atoms with E-state index in [9.17, 15) is 44.7 Å². The van der Waals surface area contributed by atoms with Crippen molar-refractivity contribution >= 4 is 23.6 Å². The lowest BCUT2D eigenvalue weighted by Gasteiger charge is -2.66. The van der Waals surface area contributed by atoms with Crippen LogP contribution in [0.4, 0.5) is 0 Å². The van der Waals surface area contributed by atoms with Crippen LogP contribution < -0.4 is 5.32 Å². The van der Waals surface area contributed by atoms with E-state index in [-0.39, 0.29) is 35.9 Å². The molecule has 11 atom stereocenters. The summed E-state index contributed by atoms with van der Waals surface area (Å²) in [6.45, 7) is 6.90. The molecule has 0 unspecified atom stereocenters. The van der Waals surface area contributed by atoms with E-state index in [1.807, 2.05) is 0 Å². The van der Waals surface area contributed by atoms with Crippen LogP contribution in [-0.2, 0) is 28.6 Å². The number of fused-ring (bicyclic) bond motifs is 5. The Bertz CT molecular complexity index is 1550. The van der Waals surface area contributed by atoms with Gasteiger partial charge in [0.25, 0.3) is 5.91 Å². The quantitative estimate of drug-likeness (QED) is 0.173. The summed E-state index contributed by atoms with van der Waals surface area (Å²) in [4.78, 5) is 54.1. The molecule has 1 aromatic rings. The third-order valence-electron chi connectivity index (χ3n) is 12.7. The lowest BCUT2D eigenvalue weighted by Crippen LogP contribution is -2.81. The molecule has 0 radical (unpaired) electrons. The summed E-state index contributed by atoms with van der Waals surface area (Å²) in [6.07, 6.45) is -4.44. The van der Waals surface area contributed by atoms with Crippen LogP contribution in [0.25, 0.3) is 0 Å². The molecule has 0 aromatic carbocycles. The molecule has 50 heavy (non-hydrogen) atoms. The third kappa shape index (κ3) is 5.45. The van der Waals surface area contributed by atoms with E-state index >= 15 is 0 Å². The predicted octanol–water partition coefficient (Wildman–Crippen LogP) is 1.10. The van der Waals surface area contributed by atoms with E-state index in [4.69, 9.17) is 18.6 Å². The zero-order valence-corrected chi connectivity index (χ0v) is 29.1. The highest BCUT2D eigenvalue weighted by atomic mass is 16.6. The van der Waals surface area contributed by atoms with Gasteiger partial charge in [0.1, 0.15) is 29.5 Å². The first-order chi connectivity index (χ1) is 23.4. The van der Waals surface area contributed by atoms with E-state index in [0.29, 0.717) is 12.8 Å². The summed E-state index contributed by atoms with van der Waals surface area (Å²) in [7, 11) is 0. The Labute approximate surface area is 290 Å². The van der Waals surface area contributed by atoms with Gasteiger partial charge >= 0.3 is 11.9 Å². The van der Waals surface area contributed by atoms with E-state index in [0.717, 1.165) is 26.2 Å². The van der Waals surface area contributed by atoms with Gasteiger partial charge in [-0.1, -0.05) is 33.1 Å². The zero-order chi connectivity index (χ0) is 36.6. The third-order valence-corrected chi connectivity index (χ3v) is 12.7. The van der Waals surface area contributed by atoms with Crippen LogP contribution in [0.5, 0.6) is 0 Å². The minimum absolute atomic E-state index is 0.000384. The van der Waals surface area contributed by atoms with Gasteiger partial charge in [0, 0.05) is 31.1 Å². The monoisotopic (exact) mass is 703 g/mol. The van der Waals surface area contributed by atoms with Gasteiger partial charge in [0.05, 0.1) is 36.5 Å². The number of carbonyl (C=O) groups is 4. The van der Waals surface area contributed by atoms with Crippen molar-refractivity contribution in [3.8, 4) is 0 Å². The Morgan fingerprint density at radius 1 is 1.06 bits per heavy atom. The first-order valence-corrected chi connectivity index (χ1v) is 17.5. The first-order valence-electron chi connectivity index (χ1n) is 17.5. The summed E-state index contributed by atoms with van der Waals surface area (Å²) in [6, 6.07) is 1.95. The second-order valence-corrected chi connectivity index (χ2v) is 15.7. The van der Waals surface area contributed by atoms with Crippen LogP contribution in [0.2, 0.25) is 0 Å². The molecule has 4 aliphatic carbocycles. The van der Waals surface area contributed by atoms with Crippen molar-refractivity contribution in [2.75, 3.05) is 6.61 Å². The maximum Gasteiger partial charge on any atom is 0.337 e. The van der Waals surface area contributed by atoms with Crippen molar-refractivity contribution in [3.05, 3.63) is 35.3 Å². The van der Waals surface area contributed by atoms with Gasteiger partial charge in [0.15, 0.2) is 17.6 Å². The van der Waals surface area contributed by atoms with E-state index < -0.39 is 101 Å². The molecular weight excluding hydrogens is 654 g/mol. The Hall–Kier alpha value is -3.14. The smallest absolute Gasteiger partial charge is 0.337 e. The number of aliphatic hydroxyl groups excluding tert-OH is 3. The second-order valence-electron chi connectivity index (χ2n) is 15.7. The Morgan fingerprint density at radius 2 is 1.74 bits per heavy atom. The molecule has 6 N–H and O–H groups in total. The standard InChI is InChI=1S/C36H49NO13/c1-17-21(50-32(44)27(41)25(19-10-7-6-8-11-19)37-31(43)20-12-9-13-47-20)15-36(46)30(49-18(2)38)28-34(5,22(39)14-23-35(28,45)16-48-23)29(42)26(40)24(17)33(36,3)4/h9,12-13,19,21-23,25-28,30,39-41,45-46H,6-8,10-11,14-16H2,1-5H3,(H,37,43)/t21-,22-,23+,25-,26+,27+,28-,30-,34+,35-,36+/m0/s1. The van der Waals surface area contributed by atoms with Gasteiger partial charge < -0.3 is 49.5 Å². The van der Waals surface area contributed by atoms with Crippen molar-refractivity contribution in [1.29, 1.82) is 0 Å². The number of nitrogens with one attached hydrogen (secondary N) is 1. The topological polar surface area (TPSA) is 222 Å². The van der Waals surface area contributed by atoms with Gasteiger partial charge in [-0.05, 0) is 55.9 Å². The predicted molar refractivity (Wildman–Crippen MR) is 172 cm³/mol. The molecule has 6 rings (SSSR count). The normalized spacial score (nSPS) is 39.4. The fraction of sp³-hybridized carbons (Fsp3) is 0.722. The maximum absolute atomic E-state index is 14.4. The fourth-order valence-corrected chi connectivity index (χ4v) is 9.73. The highest BCUT2D eigenvalue weighted by molar-refractivity contribution is 5.94. The van der Waals surface area contributed by atoms with E-state index in [2.05, 4.69) is 5.32 Å². The fourth-order valence-electron chi connectivity index (χ4n) is 9.73. The molecule has 1 amide bonds. The molecule has 0 spiro atoms.